The van der Waals surface area contributed by atoms with Crippen LogP contribution in [0.25, 0.3) is 0 Å². The highest BCUT2D eigenvalue weighted by atomic mass is 79.9. The van der Waals surface area contributed by atoms with Crippen LogP contribution in [0, 0.1) is 0 Å². The summed E-state index contributed by atoms with van der Waals surface area (Å²) in [7, 11) is 0. The second-order valence-corrected chi connectivity index (χ2v) is 23.7. The van der Waals surface area contributed by atoms with Crippen molar-refractivity contribution in [2.24, 2.45) is 0 Å². The maximum atomic E-state index is 4.00. The highest BCUT2D eigenvalue weighted by molar-refractivity contribution is 9.33. The minimum Gasteiger partial charge on any atom is -0.0740 e. The number of benzene rings is 1. The average Bonchev–Trinajstić information content (AvgIpc) is 2.63. The maximum Gasteiger partial charge on any atom is 0.136 e. The van der Waals surface area contributed by atoms with E-state index in [1.165, 1.54) is 0 Å². The van der Waals surface area contributed by atoms with Crippen molar-refractivity contribution in [3.63, 3.8) is 0 Å². The smallest absolute Gasteiger partial charge is 0.0740 e. The summed E-state index contributed by atoms with van der Waals surface area (Å²) in [6, 6.07) is 10.0. The number of alkyl halides is 9. The molecule has 2 rings (SSSR count). The number of allylic oxidation sites excluding steroid dienone is 4. The SMILES string of the molecule is BrC1=C(Br)C(Br)(Br)C(Br)(C(Br)(Br)C(Br)(Br)C(Br)(Br)c2ccccc2)C(Br)=C1Br. The Morgan fingerprint density at radius 2 is 1.07 bits per heavy atom. The van der Waals surface area contributed by atoms with E-state index in [1.807, 2.05) is 30.3 Å². The Balaban J connectivity index is 2.77. The second kappa shape index (κ2) is 10.1. The molecule has 1 unspecified atom stereocenters. The molecule has 1 atom stereocenters. The molecular formula is C15H5Br13. The third-order valence-corrected chi connectivity index (χ3v) is 27.5. The molecule has 13 heteroatoms. The Bertz CT molecular complexity index is 837. The zero-order valence-electron chi connectivity index (χ0n) is 12.8. The summed E-state index contributed by atoms with van der Waals surface area (Å²) >= 11 is 50.0. The Labute approximate surface area is 273 Å². The van der Waals surface area contributed by atoms with Gasteiger partial charge in [0, 0.05) is 17.9 Å². The van der Waals surface area contributed by atoms with Crippen LogP contribution >= 0.6 is 207 Å². The summed E-state index contributed by atoms with van der Waals surface area (Å²) in [5.74, 6) is 0. The lowest BCUT2D eigenvalue weighted by molar-refractivity contribution is 0.589. The Kier molecular flexibility index (Phi) is 10.6. The molecule has 1 aliphatic carbocycles. The van der Waals surface area contributed by atoms with Crippen LogP contribution in [0.2, 0.25) is 0 Å². The molecule has 0 saturated carbocycles. The largest absolute Gasteiger partial charge is 0.136 e. The van der Waals surface area contributed by atoms with Crippen molar-refractivity contribution in [2.75, 3.05) is 0 Å². The molecule has 0 aromatic heterocycles. The number of hydrogen-bond acceptors (Lipinski definition) is 0. The number of hydrogen-bond donors (Lipinski definition) is 0. The van der Waals surface area contributed by atoms with Crippen molar-refractivity contribution in [2.45, 2.75) is 17.3 Å². The van der Waals surface area contributed by atoms with Crippen LogP contribution in [-0.2, 0) is 3.23 Å². The van der Waals surface area contributed by atoms with E-state index in [0.29, 0.717) is 0 Å². The molecule has 1 aliphatic rings. The molecule has 0 N–H and O–H groups in total. The van der Waals surface area contributed by atoms with Crippen molar-refractivity contribution < 1.29 is 0 Å². The van der Waals surface area contributed by atoms with E-state index in [-0.39, 0.29) is 0 Å². The topological polar surface area (TPSA) is 0 Å². The van der Waals surface area contributed by atoms with Gasteiger partial charge in [0.2, 0.25) is 0 Å². The molecule has 28 heavy (non-hydrogen) atoms. The molecule has 1 aromatic rings. The summed E-state index contributed by atoms with van der Waals surface area (Å²) in [6.45, 7) is 0. The summed E-state index contributed by atoms with van der Waals surface area (Å²) < 4.78 is -0.680. The first-order chi connectivity index (χ1) is 12.5. The van der Waals surface area contributed by atoms with Crippen molar-refractivity contribution in [1.82, 2.24) is 0 Å². The fraction of sp³-hybridized carbons (Fsp3) is 0.333. The van der Waals surface area contributed by atoms with Crippen LogP contribution < -0.4 is 0 Å². The standard InChI is InChI=1S/C15H5Br13/c16-7-8(17)10(19)13(23,24)11(20,9(7)18)14(25,26)15(27,28)12(21,22)6-4-2-1-3-5-6/h1-5H. The lowest BCUT2D eigenvalue weighted by Crippen LogP contribution is -2.64. The van der Waals surface area contributed by atoms with E-state index in [0.717, 1.165) is 23.5 Å². The molecule has 156 valence electrons. The third kappa shape index (κ3) is 4.45. The molecule has 1 aromatic carbocycles. The van der Waals surface area contributed by atoms with Gasteiger partial charge in [0.15, 0.2) is 0 Å². The van der Waals surface area contributed by atoms with Gasteiger partial charge in [-0.2, -0.15) is 0 Å². The van der Waals surface area contributed by atoms with Crippen molar-refractivity contribution in [3.05, 3.63) is 53.8 Å². The zero-order valence-corrected chi connectivity index (χ0v) is 33.4. The number of rotatable bonds is 4. The quantitative estimate of drug-likeness (QED) is 0.264. The normalized spacial score (nSPS) is 24.0. The minimum atomic E-state index is -0.888. The van der Waals surface area contributed by atoms with Gasteiger partial charge < -0.3 is 0 Å². The van der Waals surface area contributed by atoms with E-state index in [2.05, 4.69) is 207 Å². The van der Waals surface area contributed by atoms with Crippen LogP contribution in [-0.4, -0.2) is 14.0 Å². The van der Waals surface area contributed by atoms with Crippen LogP contribution in [0.4, 0.5) is 0 Å². The van der Waals surface area contributed by atoms with Crippen molar-refractivity contribution in [3.8, 4) is 0 Å². The van der Waals surface area contributed by atoms with Crippen LogP contribution in [0.3, 0.4) is 0 Å². The molecule has 0 spiro atoms. The molecule has 0 heterocycles. The number of halogens is 13. The molecule has 0 nitrogen and oxygen atoms in total. The first kappa shape index (κ1) is 29.2. The maximum absolute atomic E-state index is 4.00. The van der Waals surface area contributed by atoms with Crippen LogP contribution in [0.15, 0.2) is 48.3 Å². The van der Waals surface area contributed by atoms with Crippen LogP contribution in [0.1, 0.15) is 5.56 Å². The Hall–Kier alpha value is 4.94. The highest BCUT2D eigenvalue weighted by Crippen LogP contribution is 2.76. The third-order valence-electron chi connectivity index (χ3n) is 3.95. The summed E-state index contributed by atoms with van der Waals surface area (Å²) in [4.78, 5) is 0. The summed E-state index contributed by atoms with van der Waals surface area (Å²) in [5.41, 5.74) is 1.00. The van der Waals surface area contributed by atoms with Gasteiger partial charge in [-0.15, -0.1) is 0 Å². The van der Waals surface area contributed by atoms with Crippen molar-refractivity contribution >= 4 is 207 Å². The van der Waals surface area contributed by atoms with Gasteiger partial charge >= 0.3 is 0 Å². The molecule has 0 aliphatic heterocycles. The van der Waals surface area contributed by atoms with Gasteiger partial charge in [0.1, 0.15) is 17.3 Å². The predicted molar refractivity (Wildman–Crippen MR) is 169 cm³/mol. The fourth-order valence-electron chi connectivity index (χ4n) is 2.35. The lowest BCUT2D eigenvalue weighted by Gasteiger charge is -2.56. The van der Waals surface area contributed by atoms with E-state index < -0.39 is 17.3 Å². The summed E-state index contributed by atoms with van der Waals surface area (Å²) in [5, 5.41) is 0. The highest BCUT2D eigenvalue weighted by Gasteiger charge is 2.73. The predicted octanol–water partition coefficient (Wildman–Crippen LogP) is 12.2. The van der Waals surface area contributed by atoms with Gasteiger partial charge in [-0.05, 0) is 37.4 Å². The lowest BCUT2D eigenvalue weighted by atomic mass is 9.92. The first-order valence-electron chi connectivity index (χ1n) is 6.87. The minimum absolute atomic E-state index is 0.733. The molecule has 0 fully saturated rings. The van der Waals surface area contributed by atoms with Gasteiger partial charge in [-0.1, -0.05) is 206 Å². The second-order valence-electron chi connectivity index (χ2n) is 5.58. The average molecular weight is 1220 g/mol. The van der Waals surface area contributed by atoms with Gasteiger partial charge in [0.25, 0.3) is 0 Å². The van der Waals surface area contributed by atoms with Crippen molar-refractivity contribution in [1.29, 1.82) is 0 Å². The van der Waals surface area contributed by atoms with Crippen LogP contribution in [0.5, 0.6) is 0 Å². The molecule has 0 amide bonds. The summed E-state index contributed by atoms with van der Waals surface area (Å²) in [6.07, 6.45) is 0. The van der Waals surface area contributed by atoms with Gasteiger partial charge in [-0.3, -0.25) is 0 Å². The fourth-order valence-corrected chi connectivity index (χ4v) is 15.8. The molecule has 0 bridgehead atoms. The Morgan fingerprint density at radius 1 is 0.643 bits per heavy atom. The monoisotopic (exact) mass is 1210 g/mol. The van der Waals surface area contributed by atoms with E-state index in [1.54, 1.807) is 0 Å². The van der Waals surface area contributed by atoms with E-state index in [4.69, 9.17) is 0 Å². The van der Waals surface area contributed by atoms with Gasteiger partial charge in [0.05, 0.1) is 0 Å². The van der Waals surface area contributed by atoms with E-state index >= 15 is 0 Å². The Morgan fingerprint density at radius 3 is 1.54 bits per heavy atom. The molecular weight excluding hydrogens is 1220 g/mol. The van der Waals surface area contributed by atoms with Gasteiger partial charge in [-0.25, -0.2) is 0 Å². The molecule has 0 saturated heterocycles. The first-order valence-corrected chi connectivity index (χ1v) is 17.2. The van der Waals surface area contributed by atoms with E-state index in [9.17, 15) is 0 Å². The molecule has 0 radical (unpaired) electrons. The zero-order chi connectivity index (χ0) is 21.9.